The number of aryl methyl sites for hydroxylation is 1. The van der Waals surface area contributed by atoms with Gasteiger partial charge >= 0.3 is 11.9 Å². The van der Waals surface area contributed by atoms with Gasteiger partial charge in [-0.05, 0) is 47.7 Å². The molecule has 0 spiro atoms. The van der Waals surface area contributed by atoms with Crippen molar-refractivity contribution in [2.24, 2.45) is 0 Å². The van der Waals surface area contributed by atoms with Gasteiger partial charge in [0.25, 0.3) is 0 Å². The number of alkyl halides is 1. The van der Waals surface area contributed by atoms with Crippen LogP contribution in [0, 0.1) is 6.92 Å². The van der Waals surface area contributed by atoms with Gasteiger partial charge in [0.15, 0.2) is 11.5 Å². The number of pyridine rings is 1. The summed E-state index contributed by atoms with van der Waals surface area (Å²) in [5, 5.41) is 16.8. The van der Waals surface area contributed by atoms with Crippen LogP contribution >= 0.6 is 0 Å². The monoisotopic (exact) mass is 445 g/mol. The number of benzene rings is 2. The van der Waals surface area contributed by atoms with Crippen molar-refractivity contribution in [3.63, 3.8) is 0 Å². The molecule has 0 saturated heterocycles. The fourth-order valence-electron chi connectivity index (χ4n) is 3.05. The minimum absolute atomic E-state index is 0.00489. The van der Waals surface area contributed by atoms with E-state index >= 15 is 0 Å². The van der Waals surface area contributed by atoms with Gasteiger partial charge < -0.3 is 24.4 Å². The molecule has 0 unspecified atom stereocenters. The zero-order valence-electron chi connectivity index (χ0n) is 17.9. The fraction of sp³-hybridized carbons (Fsp3) is 0.261. The predicted octanol–water partition coefficient (Wildman–Crippen LogP) is 3.66. The van der Waals surface area contributed by atoms with Gasteiger partial charge in [-0.2, -0.15) is 0 Å². The molecule has 1 heterocycles. The Labute approximate surface area is 184 Å². The third kappa shape index (κ3) is 6.31. The molecule has 0 aliphatic heterocycles. The summed E-state index contributed by atoms with van der Waals surface area (Å²) in [5.74, 6) is -1.66. The molecule has 170 valence electrons. The quantitative estimate of drug-likeness (QED) is 0.530. The highest BCUT2D eigenvalue weighted by molar-refractivity contribution is 6.27. The standard InChI is InChI=1S/C21H22FNO3.C2H2O4/c1-14-10-15(4-5-19(14)24-2)11-18-17-13-20(25-3)21(26-9-7-22)12-16(17)6-8-23-18;3-1(4)2(5)6/h4-6,8,10,12-13H,7,9,11H2,1-3H3;(H,3,4)(H,5,6). The van der Waals surface area contributed by atoms with Crippen LogP contribution in [0.4, 0.5) is 4.39 Å². The Hall–Kier alpha value is -3.88. The van der Waals surface area contributed by atoms with Crippen LogP contribution in [0.1, 0.15) is 16.8 Å². The van der Waals surface area contributed by atoms with Crippen LogP contribution in [-0.4, -0.2) is 54.6 Å². The van der Waals surface area contributed by atoms with E-state index in [1.54, 1.807) is 20.4 Å². The molecule has 3 rings (SSSR count). The summed E-state index contributed by atoms with van der Waals surface area (Å²) in [6, 6.07) is 11.8. The highest BCUT2D eigenvalue weighted by Crippen LogP contribution is 2.34. The maximum absolute atomic E-state index is 12.4. The summed E-state index contributed by atoms with van der Waals surface area (Å²) in [6.45, 7) is 1.49. The molecular formula is C23H24FNO7. The normalized spacial score (nSPS) is 10.1. The maximum Gasteiger partial charge on any atom is 0.414 e. The number of carboxylic acid groups (broad SMARTS) is 2. The number of nitrogens with zero attached hydrogens (tertiary/aromatic N) is 1. The molecular weight excluding hydrogens is 421 g/mol. The Kier molecular flexibility index (Phi) is 8.76. The number of aromatic nitrogens is 1. The minimum Gasteiger partial charge on any atom is -0.496 e. The molecule has 8 nitrogen and oxygen atoms in total. The average Bonchev–Trinajstić information content (AvgIpc) is 2.77. The van der Waals surface area contributed by atoms with Crippen LogP contribution in [-0.2, 0) is 16.0 Å². The first-order valence-electron chi connectivity index (χ1n) is 9.54. The molecule has 9 heteroatoms. The fourth-order valence-corrected chi connectivity index (χ4v) is 3.05. The summed E-state index contributed by atoms with van der Waals surface area (Å²) in [6.07, 6.45) is 2.47. The molecule has 2 aromatic carbocycles. The summed E-state index contributed by atoms with van der Waals surface area (Å²) >= 11 is 0. The number of halogens is 1. The second-order valence-electron chi connectivity index (χ2n) is 6.61. The second kappa shape index (κ2) is 11.5. The van der Waals surface area contributed by atoms with Gasteiger partial charge in [0, 0.05) is 18.0 Å². The Bertz CT molecular complexity index is 1090. The molecule has 0 atom stereocenters. The zero-order valence-corrected chi connectivity index (χ0v) is 17.9. The number of hydrogen-bond acceptors (Lipinski definition) is 6. The highest BCUT2D eigenvalue weighted by Gasteiger charge is 2.12. The SMILES string of the molecule is COc1ccc(Cc2nccc3cc(OCCF)c(OC)cc23)cc1C.O=C(O)C(=O)O. The number of fused-ring (bicyclic) bond motifs is 1. The lowest BCUT2D eigenvalue weighted by atomic mass is 10.0. The number of aliphatic carboxylic acids is 2. The summed E-state index contributed by atoms with van der Waals surface area (Å²) in [4.78, 5) is 22.8. The molecule has 2 N–H and O–H groups in total. The summed E-state index contributed by atoms with van der Waals surface area (Å²) < 4.78 is 28.6. The Balaban J connectivity index is 0.000000534. The Morgan fingerprint density at radius 3 is 2.22 bits per heavy atom. The van der Waals surface area contributed by atoms with Crippen LogP contribution in [0.25, 0.3) is 10.8 Å². The molecule has 0 bridgehead atoms. The van der Waals surface area contributed by atoms with Gasteiger partial charge in [-0.15, -0.1) is 0 Å². The molecule has 0 saturated carbocycles. The molecule has 0 aliphatic rings. The maximum atomic E-state index is 12.4. The van der Waals surface area contributed by atoms with Crippen LogP contribution in [0.2, 0.25) is 0 Å². The lowest BCUT2D eigenvalue weighted by Gasteiger charge is -2.13. The van der Waals surface area contributed by atoms with Crippen molar-refractivity contribution in [1.82, 2.24) is 4.98 Å². The van der Waals surface area contributed by atoms with Crippen LogP contribution in [0.3, 0.4) is 0 Å². The highest BCUT2D eigenvalue weighted by atomic mass is 19.1. The van der Waals surface area contributed by atoms with E-state index in [0.29, 0.717) is 17.9 Å². The van der Waals surface area contributed by atoms with Crippen LogP contribution < -0.4 is 14.2 Å². The number of hydrogen-bond donors (Lipinski definition) is 2. The largest absolute Gasteiger partial charge is 0.496 e. The number of carbonyl (C=O) groups is 2. The van der Waals surface area contributed by atoms with Crippen molar-refractivity contribution in [2.75, 3.05) is 27.5 Å². The Morgan fingerprint density at radius 2 is 1.66 bits per heavy atom. The average molecular weight is 445 g/mol. The number of ether oxygens (including phenoxy) is 3. The minimum atomic E-state index is -1.82. The van der Waals surface area contributed by atoms with E-state index in [1.807, 2.05) is 37.3 Å². The van der Waals surface area contributed by atoms with Gasteiger partial charge in [0.2, 0.25) is 0 Å². The number of rotatable bonds is 7. The van der Waals surface area contributed by atoms with Crippen molar-refractivity contribution in [1.29, 1.82) is 0 Å². The zero-order chi connectivity index (χ0) is 23.7. The first kappa shape index (κ1) is 24.4. The van der Waals surface area contributed by atoms with Crippen LogP contribution in [0.5, 0.6) is 17.2 Å². The van der Waals surface area contributed by atoms with E-state index in [0.717, 1.165) is 33.3 Å². The van der Waals surface area contributed by atoms with E-state index in [-0.39, 0.29) is 6.61 Å². The van der Waals surface area contributed by atoms with Gasteiger partial charge in [0.1, 0.15) is 19.0 Å². The first-order valence-corrected chi connectivity index (χ1v) is 9.54. The topological polar surface area (TPSA) is 115 Å². The van der Waals surface area contributed by atoms with Gasteiger partial charge in [-0.1, -0.05) is 12.1 Å². The van der Waals surface area contributed by atoms with Gasteiger partial charge in [-0.25, -0.2) is 14.0 Å². The van der Waals surface area contributed by atoms with E-state index in [4.69, 9.17) is 34.0 Å². The number of carboxylic acids is 2. The van der Waals surface area contributed by atoms with Crippen molar-refractivity contribution in [2.45, 2.75) is 13.3 Å². The molecule has 1 aromatic heterocycles. The van der Waals surface area contributed by atoms with Crippen molar-refractivity contribution in [3.05, 3.63) is 59.4 Å². The molecule has 3 aromatic rings. The predicted molar refractivity (Wildman–Crippen MR) is 116 cm³/mol. The molecule has 0 fully saturated rings. The lowest BCUT2D eigenvalue weighted by molar-refractivity contribution is -0.159. The first-order chi connectivity index (χ1) is 15.3. The Morgan fingerprint density at radius 1 is 0.969 bits per heavy atom. The third-order valence-electron chi connectivity index (χ3n) is 4.48. The molecule has 0 amide bonds. The third-order valence-corrected chi connectivity index (χ3v) is 4.48. The second-order valence-corrected chi connectivity index (χ2v) is 6.61. The van der Waals surface area contributed by atoms with Gasteiger partial charge in [-0.3, -0.25) is 4.98 Å². The van der Waals surface area contributed by atoms with E-state index in [9.17, 15) is 4.39 Å². The molecule has 0 radical (unpaired) electrons. The van der Waals surface area contributed by atoms with Crippen molar-refractivity contribution >= 4 is 22.7 Å². The van der Waals surface area contributed by atoms with Crippen molar-refractivity contribution < 1.29 is 38.4 Å². The molecule has 32 heavy (non-hydrogen) atoms. The number of methoxy groups -OCH3 is 2. The van der Waals surface area contributed by atoms with E-state index < -0.39 is 18.6 Å². The van der Waals surface area contributed by atoms with E-state index in [1.165, 1.54) is 0 Å². The smallest absolute Gasteiger partial charge is 0.414 e. The summed E-state index contributed by atoms with van der Waals surface area (Å²) in [5.41, 5.74) is 3.19. The molecule has 0 aliphatic carbocycles. The van der Waals surface area contributed by atoms with Crippen LogP contribution in [0.15, 0.2) is 42.6 Å². The van der Waals surface area contributed by atoms with Crippen molar-refractivity contribution in [3.8, 4) is 17.2 Å². The van der Waals surface area contributed by atoms with E-state index in [2.05, 4.69) is 11.1 Å². The lowest BCUT2D eigenvalue weighted by Crippen LogP contribution is -2.09. The summed E-state index contributed by atoms with van der Waals surface area (Å²) in [7, 11) is 3.25. The van der Waals surface area contributed by atoms with Gasteiger partial charge in [0.05, 0.1) is 19.9 Å².